The van der Waals surface area contributed by atoms with Gasteiger partial charge in [-0.1, -0.05) is 54.1 Å². The Balaban J connectivity index is 1.55. The zero-order valence-electron chi connectivity index (χ0n) is 19.2. The van der Waals surface area contributed by atoms with Gasteiger partial charge >= 0.3 is 0 Å². The fourth-order valence-corrected chi connectivity index (χ4v) is 4.59. The van der Waals surface area contributed by atoms with Crippen LogP contribution in [-0.2, 0) is 4.79 Å². The van der Waals surface area contributed by atoms with Crippen molar-refractivity contribution in [2.45, 2.75) is 19.9 Å². The molecule has 0 radical (unpaired) electrons. The number of halogens is 1. The maximum Gasteiger partial charge on any atom is 0.289 e. The maximum atomic E-state index is 13.5. The number of rotatable bonds is 6. The minimum absolute atomic E-state index is 0.0326. The molecule has 1 fully saturated rings. The first-order valence-corrected chi connectivity index (χ1v) is 11.6. The van der Waals surface area contributed by atoms with Crippen LogP contribution in [0.4, 0.5) is 17.1 Å². The summed E-state index contributed by atoms with van der Waals surface area (Å²) in [7, 11) is 0. The number of carbonyl (C=O) groups excluding carboxylic acids is 1. The fourth-order valence-electron chi connectivity index (χ4n) is 4.40. The van der Waals surface area contributed by atoms with E-state index in [1.807, 2.05) is 30.3 Å². The van der Waals surface area contributed by atoms with Crippen molar-refractivity contribution >= 4 is 34.6 Å². The summed E-state index contributed by atoms with van der Waals surface area (Å²) in [6.45, 7) is 7.28. The van der Waals surface area contributed by atoms with Gasteiger partial charge in [-0.2, -0.15) is 0 Å². The van der Waals surface area contributed by atoms with Crippen LogP contribution < -0.4 is 10.2 Å². The average Bonchev–Trinajstić information content (AvgIpc) is 2.83. The number of aryl methyl sites for hydroxylation is 1. The topological polar surface area (TPSA) is 78.7 Å². The number of hydrogen-bond donors (Lipinski definition) is 1. The molecule has 1 amide bonds. The summed E-state index contributed by atoms with van der Waals surface area (Å²) in [4.78, 5) is 28.7. The second-order valence-corrected chi connectivity index (χ2v) is 8.88. The van der Waals surface area contributed by atoms with E-state index in [1.54, 1.807) is 6.07 Å². The van der Waals surface area contributed by atoms with Gasteiger partial charge in [0.1, 0.15) is 11.1 Å². The number of piperazine rings is 1. The standard InChI is InChI=1S/C26H27ClN4O3/c1-18-7-6-10-23(19(18)2)29-13-15-30(16-14-29)25(20-8-4-3-5-9-20)26(32)28-21-11-12-22(27)24(17-21)31(33)34/h3-12,17,25H,13-16H2,1-2H3,(H,28,32)/t25-/m0/s1. The van der Waals surface area contributed by atoms with Gasteiger partial charge in [0.25, 0.3) is 5.69 Å². The molecule has 1 atom stereocenters. The van der Waals surface area contributed by atoms with Crippen molar-refractivity contribution in [1.82, 2.24) is 4.90 Å². The first kappa shape index (κ1) is 23.7. The molecule has 1 saturated heterocycles. The molecule has 1 heterocycles. The number of carbonyl (C=O) groups is 1. The van der Waals surface area contributed by atoms with Crippen molar-refractivity contribution in [3.8, 4) is 0 Å². The lowest BCUT2D eigenvalue weighted by Crippen LogP contribution is -2.50. The van der Waals surface area contributed by atoms with Crippen LogP contribution in [0.3, 0.4) is 0 Å². The van der Waals surface area contributed by atoms with Crippen LogP contribution in [0, 0.1) is 24.0 Å². The van der Waals surface area contributed by atoms with E-state index >= 15 is 0 Å². The molecule has 0 aliphatic carbocycles. The van der Waals surface area contributed by atoms with Gasteiger partial charge in [-0.3, -0.25) is 19.8 Å². The third-order valence-electron chi connectivity index (χ3n) is 6.37. The average molecular weight is 479 g/mol. The molecule has 0 bridgehead atoms. The summed E-state index contributed by atoms with van der Waals surface area (Å²) in [6.07, 6.45) is 0. The van der Waals surface area contributed by atoms with Gasteiger partial charge in [0, 0.05) is 43.6 Å². The quantitative estimate of drug-likeness (QED) is 0.380. The van der Waals surface area contributed by atoms with E-state index < -0.39 is 11.0 Å². The molecule has 0 saturated carbocycles. The number of amides is 1. The van der Waals surface area contributed by atoms with E-state index in [0.29, 0.717) is 18.8 Å². The SMILES string of the molecule is Cc1cccc(N2CCN([C@H](C(=O)Nc3ccc(Cl)c([N+](=O)[O-])c3)c3ccccc3)CC2)c1C. The number of nitro benzene ring substituents is 1. The van der Waals surface area contributed by atoms with Gasteiger partial charge in [-0.15, -0.1) is 0 Å². The Morgan fingerprint density at radius 3 is 2.38 bits per heavy atom. The van der Waals surface area contributed by atoms with Crippen molar-refractivity contribution in [3.63, 3.8) is 0 Å². The molecule has 4 rings (SSSR count). The molecule has 0 unspecified atom stereocenters. The van der Waals surface area contributed by atoms with Crippen molar-refractivity contribution in [2.24, 2.45) is 0 Å². The number of nitrogens with zero attached hydrogens (tertiary/aromatic N) is 3. The normalized spacial score (nSPS) is 15.1. The minimum atomic E-state index is -0.556. The molecule has 1 aliphatic rings. The van der Waals surface area contributed by atoms with Crippen molar-refractivity contribution in [3.05, 3.63) is 98.6 Å². The Bertz CT molecular complexity index is 1190. The minimum Gasteiger partial charge on any atom is -0.369 e. The molecule has 7 nitrogen and oxygen atoms in total. The highest BCUT2D eigenvalue weighted by Gasteiger charge is 2.31. The Hall–Kier alpha value is -3.42. The van der Waals surface area contributed by atoms with Crippen LogP contribution >= 0.6 is 11.6 Å². The smallest absolute Gasteiger partial charge is 0.289 e. The molecule has 8 heteroatoms. The lowest BCUT2D eigenvalue weighted by atomic mass is 10.0. The Labute approximate surface area is 204 Å². The lowest BCUT2D eigenvalue weighted by molar-refractivity contribution is -0.384. The van der Waals surface area contributed by atoms with E-state index in [4.69, 9.17) is 11.6 Å². The molecule has 3 aromatic carbocycles. The van der Waals surface area contributed by atoms with E-state index in [-0.39, 0.29) is 16.6 Å². The third-order valence-corrected chi connectivity index (χ3v) is 6.69. The van der Waals surface area contributed by atoms with Gasteiger partial charge < -0.3 is 10.2 Å². The summed E-state index contributed by atoms with van der Waals surface area (Å²) >= 11 is 5.93. The summed E-state index contributed by atoms with van der Waals surface area (Å²) in [5.41, 5.74) is 4.75. The first-order chi connectivity index (χ1) is 16.3. The van der Waals surface area contributed by atoms with Crippen LogP contribution in [0.1, 0.15) is 22.7 Å². The highest BCUT2D eigenvalue weighted by molar-refractivity contribution is 6.32. The van der Waals surface area contributed by atoms with Gasteiger partial charge in [0.2, 0.25) is 5.91 Å². The second kappa shape index (κ2) is 10.2. The van der Waals surface area contributed by atoms with Crippen LogP contribution in [-0.4, -0.2) is 41.9 Å². The van der Waals surface area contributed by atoms with Crippen molar-refractivity contribution in [2.75, 3.05) is 36.4 Å². The third kappa shape index (κ3) is 5.05. The van der Waals surface area contributed by atoms with E-state index in [1.165, 1.54) is 28.9 Å². The number of benzene rings is 3. The number of hydrogen-bond acceptors (Lipinski definition) is 5. The van der Waals surface area contributed by atoms with E-state index in [2.05, 4.69) is 47.2 Å². The highest BCUT2D eigenvalue weighted by atomic mass is 35.5. The maximum absolute atomic E-state index is 13.5. The predicted octanol–water partition coefficient (Wildman–Crippen LogP) is 5.37. The van der Waals surface area contributed by atoms with Crippen molar-refractivity contribution < 1.29 is 9.72 Å². The van der Waals surface area contributed by atoms with Crippen LogP contribution in [0.25, 0.3) is 0 Å². The summed E-state index contributed by atoms with van der Waals surface area (Å²) in [5, 5.41) is 14.1. The monoisotopic (exact) mass is 478 g/mol. The molecule has 3 aromatic rings. The van der Waals surface area contributed by atoms with Crippen LogP contribution in [0.15, 0.2) is 66.7 Å². The number of nitro groups is 1. The molecule has 34 heavy (non-hydrogen) atoms. The lowest BCUT2D eigenvalue weighted by Gasteiger charge is -2.40. The zero-order valence-corrected chi connectivity index (χ0v) is 20.0. The molecule has 1 N–H and O–H groups in total. The second-order valence-electron chi connectivity index (χ2n) is 8.47. The first-order valence-electron chi connectivity index (χ1n) is 11.2. The summed E-state index contributed by atoms with van der Waals surface area (Å²) in [5.74, 6) is -0.233. The zero-order chi connectivity index (χ0) is 24.2. The van der Waals surface area contributed by atoms with Gasteiger partial charge in [0.05, 0.1) is 4.92 Å². The number of nitrogens with one attached hydrogen (secondary N) is 1. The van der Waals surface area contributed by atoms with Crippen LogP contribution in [0.2, 0.25) is 5.02 Å². The molecule has 1 aliphatic heterocycles. The van der Waals surface area contributed by atoms with Gasteiger partial charge in [0.15, 0.2) is 0 Å². The van der Waals surface area contributed by atoms with Gasteiger partial charge in [-0.05, 0) is 48.7 Å². The highest BCUT2D eigenvalue weighted by Crippen LogP contribution is 2.30. The van der Waals surface area contributed by atoms with E-state index in [0.717, 1.165) is 18.7 Å². The molecule has 0 aromatic heterocycles. The van der Waals surface area contributed by atoms with E-state index in [9.17, 15) is 14.9 Å². The fraction of sp³-hybridized carbons (Fsp3) is 0.269. The van der Waals surface area contributed by atoms with Gasteiger partial charge in [-0.25, -0.2) is 0 Å². The summed E-state index contributed by atoms with van der Waals surface area (Å²) < 4.78 is 0. The molecule has 176 valence electrons. The molecular formula is C26H27ClN4O3. The Morgan fingerprint density at radius 1 is 1.00 bits per heavy atom. The van der Waals surface area contributed by atoms with Crippen LogP contribution in [0.5, 0.6) is 0 Å². The largest absolute Gasteiger partial charge is 0.369 e. The Kier molecular flexibility index (Phi) is 7.14. The Morgan fingerprint density at radius 2 is 1.71 bits per heavy atom. The number of anilines is 2. The predicted molar refractivity (Wildman–Crippen MR) is 136 cm³/mol. The van der Waals surface area contributed by atoms with Crippen molar-refractivity contribution in [1.29, 1.82) is 0 Å². The molecule has 0 spiro atoms. The molecular weight excluding hydrogens is 452 g/mol. The summed E-state index contributed by atoms with van der Waals surface area (Å²) in [6, 6.07) is 19.7.